The van der Waals surface area contributed by atoms with Crippen LogP contribution in [0.4, 0.5) is 0 Å². The largest absolute Gasteiger partial charge is 0.450 e. The molecule has 0 aliphatic carbocycles. The number of furan rings is 1. The number of halogens is 1. The summed E-state index contributed by atoms with van der Waals surface area (Å²) in [7, 11) is 0. The van der Waals surface area contributed by atoms with E-state index in [9.17, 15) is 4.79 Å². The standard InChI is InChI=1S/C17H14BrNO2/c1-2-6-15(13-7-4-3-5-8-13)19-17(20)12-10-14-9-11-16(18)21-14/h1,3-5,7-12,15H,6H2,(H,19,20)/b12-10+. The SMILES string of the molecule is C#CCC(NC(=O)/C=C/c1ccc(Br)o1)c1ccccc1. The number of amides is 1. The summed E-state index contributed by atoms with van der Waals surface area (Å²) in [5, 5.41) is 2.89. The number of terminal acetylenes is 1. The number of nitrogens with one attached hydrogen (secondary N) is 1. The highest BCUT2D eigenvalue weighted by Gasteiger charge is 2.11. The Bertz CT molecular complexity index is 668. The van der Waals surface area contributed by atoms with Crippen LogP contribution in [0.5, 0.6) is 0 Å². The lowest BCUT2D eigenvalue weighted by molar-refractivity contribution is -0.117. The highest BCUT2D eigenvalue weighted by Crippen LogP contribution is 2.17. The Hall–Kier alpha value is -2.25. The monoisotopic (exact) mass is 343 g/mol. The second-order valence-electron chi connectivity index (χ2n) is 4.36. The van der Waals surface area contributed by atoms with Gasteiger partial charge in [0.2, 0.25) is 5.91 Å². The molecule has 0 radical (unpaired) electrons. The fraction of sp³-hybridized carbons (Fsp3) is 0.118. The van der Waals surface area contributed by atoms with E-state index in [2.05, 4.69) is 27.2 Å². The molecule has 1 atom stereocenters. The molecule has 4 heteroatoms. The maximum Gasteiger partial charge on any atom is 0.244 e. The van der Waals surface area contributed by atoms with Gasteiger partial charge >= 0.3 is 0 Å². The second-order valence-corrected chi connectivity index (χ2v) is 5.14. The first-order valence-electron chi connectivity index (χ1n) is 6.41. The molecule has 0 aliphatic heterocycles. The van der Waals surface area contributed by atoms with Crippen molar-refractivity contribution in [2.75, 3.05) is 0 Å². The normalized spacial score (nSPS) is 12.0. The van der Waals surface area contributed by atoms with Gasteiger partial charge in [0, 0.05) is 12.5 Å². The molecule has 0 spiro atoms. The zero-order chi connectivity index (χ0) is 15.1. The van der Waals surface area contributed by atoms with Crippen LogP contribution in [-0.4, -0.2) is 5.91 Å². The smallest absolute Gasteiger partial charge is 0.244 e. The predicted molar refractivity (Wildman–Crippen MR) is 86.2 cm³/mol. The van der Waals surface area contributed by atoms with Crippen molar-refractivity contribution in [2.45, 2.75) is 12.5 Å². The van der Waals surface area contributed by atoms with Gasteiger partial charge in [-0.1, -0.05) is 30.3 Å². The first-order chi connectivity index (χ1) is 10.2. The average Bonchev–Trinajstić information content (AvgIpc) is 2.91. The molecule has 1 aromatic carbocycles. The average molecular weight is 344 g/mol. The zero-order valence-corrected chi connectivity index (χ0v) is 12.8. The summed E-state index contributed by atoms with van der Waals surface area (Å²) in [5.74, 6) is 2.97. The van der Waals surface area contributed by atoms with E-state index in [1.165, 1.54) is 6.08 Å². The topological polar surface area (TPSA) is 42.2 Å². The van der Waals surface area contributed by atoms with Crippen LogP contribution >= 0.6 is 15.9 Å². The number of hydrogen-bond donors (Lipinski definition) is 1. The van der Waals surface area contributed by atoms with Crippen molar-refractivity contribution in [1.82, 2.24) is 5.32 Å². The van der Waals surface area contributed by atoms with Crippen molar-refractivity contribution in [3.05, 3.63) is 64.5 Å². The van der Waals surface area contributed by atoms with Gasteiger partial charge in [0.25, 0.3) is 0 Å². The minimum atomic E-state index is -0.216. The molecule has 2 aromatic rings. The molecule has 21 heavy (non-hydrogen) atoms. The van der Waals surface area contributed by atoms with Gasteiger partial charge in [0.15, 0.2) is 4.67 Å². The molecule has 3 nitrogen and oxygen atoms in total. The number of carbonyl (C=O) groups excluding carboxylic acids is 1. The summed E-state index contributed by atoms with van der Waals surface area (Å²) in [5.41, 5.74) is 0.984. The maximum absolute atomic E-state index is 12.0. The quantitative estimate of drug-likeness (QED) is 0.660. The third-order valence-corrected chi connectivity index (χ3v) is 3.26. The van der Waals surface area contributed by atoms with Crippen molar-refractivity contribution < 1.29 is 9.21 Å². The zero-order valence-electron chi connectivity index (χ0n) is 11.3. The third-order valence-electron chi connectivity index (χ3n) is 2.83. The van der Waals surface area contributed by atoms with E-state index < -0.39 is 0 Å². The van der Waals surface area contributed by atoms with Gasteiger partial charge in [0.05, 0.1) is 6.04 Å². The Morgan fingerprint density at radius 1 is 1.33 bits per heavy atom. The highest BCUT2D eigenvalue weighted by molar-refractivity contribution is 9.10. The van der Waals surface area contributed by atoms with Gasteiger partial charge in [-0.05, 0) is 39.7 Å². The van der Waals surface area contributed by atoms with Crippen LogP contribution in [0.3, 0.4) is 0 Å². The highest BCUT2D eigenvalue weighted by atomic mass is 79.9. The Morgan fingerprint density at radius 2 is 2.10 bits per heavy atom. The van der Waals surface area contributed by atoms with E-state index in [4.69, 9.17) is 10.8 Å². The van der Waals surface area contributed by atoms with Crippen LogP contribution in [0.1, 0.15) is 23.8 Å². The van der Waals surface area contributed by atoms with Gasteiger partial charge in [0.1, 0.15) is 5.76 Å². The molecule has 1 amide bonds. The Kier molecular flexibility index (Phi) is 5.42. The summed E-state index contributed by atoms with van der Waals surface area (Å²) in [6.07, 6.45) is 8.85. The minimum absolute atomic E-state index is 0.198. The lowest BCUT2D eigenvalue weighted by atomic mass is 10.0. The molecule has 0 saturated carbocycles. The summed E-state index contributed by atoms with van der Waals surface area (Å²) >= 11 is 3.21. The Balaban J connectivity index is 2.02. The first-order valence-corrected chi connectivity index (χ1v) is 7.20. The van der Waals surface area contributed by atoms with Crippen molar-refractivity contribution in [3.8, 4) is 12.3 Å². The molecule has 1 N–H and O–H groups in total. The van der Waals surface area contributed by atoms with Crippen LogP contribution in [-0.2, 0) is 4.79 Å². The van der Waals surface area contributed by atoms with Crippen LogP contribution < -0.4 is 5.32 Å². The molecule has 106 valence electrons. The molecular formula is C17H14BrNO2. The van der Waals surface area contributed by atoms with Crippen molar-refractivity contribution in [1.29, 1.82) is 0 Å². The lowest BCUT2D eigenvalue weighted by Crippen LogP contribution is -2.26. The Morgan fingerprint density at radius 3 is 2.71 bits per heavy atom. The number of benzene rings is 1. The van der Waals surface area contributed by atoms with E-state index in [-0.39, 0.29) is 11.9 Å². The van der Waals surface area contributed by atoms with Gasteiger partial charge < -0.3 is 9.73 Å². The minimum Gasteiger partial charge on any atom is -0.450 e. The molecule has 1 aromatic heterocycles. The lowest BCUT2D eigenvalue weighted by Gasteiger charge is -2.15. The molecule has 2 rings (SSSR count). The molecule has 0 bridgehead atoms. The summed E-state index contributed by atoms with van der Waals surface area (Å²) in [6, 6.07) is 13.0. The molecule has 1 heterocycles. The first kappa shape index (κ1) is 15.1. The van der Waals surface area contributed by atoms with E-state index in [1.807, 2.05) is 30.3 Å². The third kappa shape index (κ3) is 4.66. The van der Waals surface area contributed by atoms with Gasteiger partial charge in [-0.15, -0.1) is 12.3 Å². The van der Waals surface area contributed by atoms with Crippen LogP contribution in [0.2, 0.25) is 0 Å². The molecule has 0 saturated heterocycles. The van der Waals surface area contributed by atoms with Gasteiger partial charge in [-0.2, -0.15) is 0 Å². The predicted octanol–water partition coefficient (Wildman–Crippen LogP) is 3.94. The van der Waals surface area contributed by atoms with E-state index in [1.54, 1.807) is 18.2 Å². The van der Waals surface area contributed by atoms with Crippen molar-refractivity contribution in [3.63, 3.8) is 0 Å². The van der Waals surface area contributed by atoms with E-state index in [0.29, 0.717) is 16.9 Å². The fourth-order valence-electron chi connectivity index (χ4n) is 1.85. The summed E-state index contributed by atoms with van der Waals surface area (Å²) in [6.45, 7) is 0. The van der Waals surface area contributed by atoms with Crippen molar-refractivity contribution >= 4 is 27.9 Å². The second kappa shape index (κ2) is 7.51. The number of hydrogen-bond acceptors (Lipinski definition) is 2. The molecule has 0 fully saturated rings. The van der Waals surface area contributed by atoms with Gasteiger partial charge in [-0.25, -0.2) is 0 Å². The maximum atomic E-state index is 12.0. The molecule has 1 unspecified atom stereocenters. The Labute approximate surface area is 132 Å². The van der Waals surface area contributed by atoms with E-state index >= 15 is 0 Å². The fourth-order valence-corrected chi connectivity index (χ4v) is 2.17. The summed E-state index contributed by atoms with van der Waals surface area (Å²) < 4.78 is 5.91. The van der Waals surface area contributed by atoms with Crippen LogP contribution in [0, 0.1) is 12.3 Å². The molecular weight excluding hydrogens is 330 g/mol. The van der Waals surface area contributed by atoms with Crippen molar-refractivity contribution in [2.24, 2.45) is 0 Å². The van der Waals surface area contributed by atoms with Crippen LogP contribution in [0.15, 0.2) is 57.6 Å². The van der Waals surface area contributed by atoms with Gasteiger partial charge in [-0.3, -0.25) is 4.79 Å². The van der Waals surface area contributed by atoms with Crippen LogP contribution in [0.25, 0.3) is 6.08 Å². The number of carbonyl (C=O) groups is 1. The number of rotatable bonds is 5. The molecule has 0 aliphatic rings. The summed E-state index contributed by atoms with van der Waals surface area (Å²) in [4.78, 5) is 12.0. The van der Waals surface area contributed by atoms with E-state index in [0.717, 1.165) is 5.56 Å².